The lowest BCUT2D eigenvalue weighted by Gasteiger charge is -2.04. The van der Waals surface area contributed by atoms with Gasteiger partial charge in [-0.2, -0.15) is 0 Å². The second-order valence-corrected chi connectivity index (χ2v) is 3.30. The van der Waals surface area contributed by atoms with Crippen molar-refractivity contribution >= 4 is 5.91 Å². The van der Waals surface area contributed by atoms with E-state index in [0.29, 0.717) is 24.1 Å². The molecule has 1 amide bonds. The maximum Gasteiger partial charge on any atom is 0.251 e. The number of hydrogen-bond acceptors (Lipinski definition) is 1. The first kappa shape index (κ1) is 11.4. The van der Waals surface area contributed by atoms with Gasteiger partial charge in [-0.25, -0.2) is 4.39 Å². The first-order valence-corrected chi connectivity index (χ1v) is 4.80. The van der Waals surface area contributed by atoms with Crippen LogP contribution in [0.25, 0.3) is 0 Å². The van der Waals surface area contributed by atoms with Crippen molar-refractivity contribution in [3.8, 4) is 0 Å². The lowest BCUT2D eigenvalue weighted by molar-refractivity contribution is 0.0954. The molecule has 1 aromatic rings. The maximum atomic E-state index is 13.1. The van der Waals surface area contributed by atoms with Crippen LogP contribution in [0.15, 0.2) is 30.9 Å². The van der Waals surface area contributed by atoms with E-state index in [2.05, 4.69) is 11.9 Å². The molecule has 0 saturated carbocycles. The number of benzene rings is 1. The molecular formula is C12H14FNO. The fourth-order valence-corrected chi connectivity index (χ4v) is 1.12. The highest BCUT2D eigenvalue weighted by molar-refractivity contribution is 5.94. The summed E-state index contributed by atoms with van der Waals surface area (Å²) in [5, 5.41) is 2.67. The number of halogens is 1. The van der Waals surface area contributed by atoms with Crippen LogP contribution in [0.3, 0.4) is 0 Å². The minimum atomic E-state index is -0.355. The van der Waals surface area contributed by atoms with Crippen LogP contribution in [0.4, 0.5) is 4.39 Å². The summed E-state index contributed by atoms with van der Waals surface area (Å²) in [5.74, 6) is -0.609. The van der Waals surface area contributed by atoms with Crippen LogP contribution >= 0.6 is 0 Å². The lowest BCUT2D eigenvalue weighted by atomic mass is 10.1. The molecule has 0 fully saturated rings. The zero-order valence-corrected chi connectivity index (χ0v) is 8.72. The summed E-state index contributed by atoms with van der Waals surface area (Å²) in [6.07, 6.45) is 2.43. The number of rotatable bonds is 4. The molecule has 0 spiro atoms. The molecule has 0 aliphatic rings. The molecule has 0 aromatic heterocycles. The van der Waals surface area contributed by atoms with E-state index in [9.17, 15) is 9.18 Å². The average Bonchev–Trinajstić information content (AvgIpc) is 2.22. The summed E-state index contributed by atoms with van der Waals surface area (Å²) < 4.78 is 13.1. The Hall–Kier alpha value is -1.64. The SMILES string of the molecule is C=CCCNC(=O)c1ccc(C)c(F)c1. The summed E-state index contributed by atoms with van der Waals surface area (Å²) in [4.78, 5) is 11.5. The van der Waals surface area contributed by atoms with Gasteiger partial charge in [-0.05, 0) is 31.0 Å². The third-order valence-corrected chi connectivity index (χ3v) is 2.07. The van der Waals surface area contributed by atoms with E-state index in [4.69, 9.17) is 0 Å². The Balaban J connectivity index is 2.65. The molecule has 0 aliphatic heterocycles. The first-order chi connectivity index (χ1) is 7.15. The molecule has 15 heavy (non-hydrogen) atoms. The highest BCUT2D eigenvalue weighted by Gasteiger charge is 2.06. The Morgan fingerprint density at radius 3 is 2.93 bits per heavy atom. The number of amides is 1. The number of hydrogen-bond donors (Lipinski definition) is 1. The van der Waals surface area contributed by atoms with E-state index in [1.807, 2.05) is 0 Å². The minimum absolute atomic E-state index is 0.254. The quantitative estimate of drug-likeness (QED) is 0.596. The molecule has 1 rings (SSSR count). The van der Waals surface area contributed by atoms with E-state index in [-0.39, 0.29) is 11.7 Å². The Kier molecular flexibility index (Phi) is 4.03. The van der Waals surface area contributed by atoms with E-state index in [1.54, 1.807) is 25.1 Å². The van der Waals surface area contributed by atoms with Gasteiger partial charge in [0.05, 0.1) is 0 Å². The highest BCUT2D eigenvalue weighted by Crippen LogP contribution is 2.08. The van der Waals surface area contributed by atoms with Crippen molar-refractivity contribution in [3.05, 3.63) is 47.8 Å². The molecule has 0 bridgehead atoms. The number of carbonyl (C=O) groups is 1. The molecule has 80 valence electrons. The molecule has 1 N–H and O–H groups in total. The molecule has 0 aliphatic carbocycles. The Morgan fingerprint density at radius 2 is 2.33 bits per heavy atom. The molecule has 0 saturated heterocycles. The Bertz CT molecular complexity index is 374. The molecule has 0 heterocycles. The summed E-state index contributed by atoms with van der Waals surface area (Å²) in [7, 11) is 0. The topological polar surface area (TPSA) is 29.1 Å². The zero-order chi connectivity index (χ0) is 11.3. The Labute approximate surface area is 88.8 Å². The van der Waals surface area contributed by atoms with Crippen molar-refractivity contribution in [1.29, 1.82) is 0 Å². The molecule has 2 nitrogen and oxygen atoms in total. The minimum Gasteiger partial charge on any atom is -0.352 e. The van der Waals surface area contributed by atoms with Crippen LogP contribution in [-0.2, 0) is 0 Å². The highest BCUT2D eigenvalue weighted by atomic mass is 19.1. The van der Waals surface area contributed by atoms with E-state index in [1.165, 1.54) is 6.07 Å². The standard InChI is InChI=1S/C12H14FNO/c1-3-4-7-14-12(15)10-6-5-9(2)11(13)8-10/h3,5-6,8H,1,4,7H2,2H3,(H,14,15). The van der Waals surface area contributed by atoms with Crippen LogP contribution < -0.4 is 5.32 Å². The van der Waals surface area contributed by atoms with Gasteiger partial charge in [0, 0.05) is 12.1 Å². The van der Waals surface area contributed by atoms with Crippen LogP contribution in [0.1, 0.15) is 22.3 Å². The van der Waals surface area contributed by atoms with Gasteiger partial charge in [-0.1, -0.05) is 12.1 Å². The van der Waals surface area contributed by atoms with Gasteiger partial charge in [0.25, 0.3) is 5.91 Å². The van der Waals surface area contributed by atoms with Crippen molar-refractivity contribution in [2.45, 2.75) is 13.3 Å². The molecule has 0 unspecified atom stereocenters. The van der Waals surface area contributed by atoms with Crippen LogP contribution in [-0.4, -0.2) is 12.5 Å². The van der Waals surface area contributed by atoms with Gasteiger partial charge in [0.2, 0.25) is 0 Å². The normalized spacial score (nSPS) is 9.73. The fourth-order valence-electron chi connectivity index (χ4n) is 1.12. The maximum absolute atomic E-state index is 13.1. The van der Waals surface area contributed by atoms with Gasteiger partial charge in [0.15, 0.2) is 0 Å². The largest absolute Gasteiger partial charge is 0.352 e. The van der Waals surface area contributed by atoms with Crippen molar-refractivity contribution in [3.63, 3.8) is 0 Å². The summed E-state index contributed by atoms with van der Waals surface area (Å²) in [6, 6.07) is 4.46. The smallest absolute Gasteiger partial charge is 0.251 e. The lowest BCUT2D eigenvalue weighted by Crippen LogP contribution is -2.24. The fraction of sp³-hybridized carbons (Fsp3) is 0.250. The number of nitrogens with one attached hydrogen (secondary N) is 1. The monoisotopic (exact) mass is 207 g/mol. The first-order valence-electron chi connectivity index (χ1n) is 4.80. The predicted octanol–water partition coefficient (Wildman–Crippen LogP) is 2.44. The van der Waals surface area contributed by atoms with Crippen molar-refractivity contribution < 1.29 is 9.18 Å². The number of carbonyl (C=O) groups excluding carboxylic acids is 1. The van der Waals surface area contributed by atoms with Crippen molar-refractivity contribution in [1.82, 2.24) is 5.32 Å². The molecule has 1 aromatic carbocycles. The van der Waals surface area contributed by atoms with Crippen molar-refractivity contribution in [2.75, 3.05) is 6.54 Å². The third-order valence-electron chi connectivity index (χ3n) is 2.07. The second-order valence-electron chi connectivity index (χ2n) is 3.30. The van der Waals surface area contributed by atoms with Crippen LogP contribution in [0, 0.1) is 12.7 Å². The van der Waals surface area contributed by atoms with Crippen LogP contribution in [0.5, 0.6) is 0 Å². The predicted molar refractivity (Wildman–Crippen MR) is 58.3 cm³/mol. The second kappa shape index (κ2) is 5.29. The molecule has 0 atom stereocenters. The van der Waals surface area contributed by atoms with Gasteiger partial charge in [-0.3, -0.25) is 4.79 Å². The molecule has 0 radical (unpaired) electrons. The summed E-state index contributed by atoms with van der Waals surface area (Å²) in [6.45, 7) is 5.73. The summed E-state index contributed by atoms with van der Waals surface area (Å²) >= 11 is 0. The average molecular weight is 207 g/mol. The zero-order valence-electron chi connectivity index (χ0n) is 8.72. The van der Waals surface area contributed by atoms with Crippen molar-refractivity contribution in [2.24, 2.45) is 0 Å². The van der Waals surface area contributed by atoms with Gasteiger partial charge < -0.3 is 5.32 Å². The van der Waals surface area contributed by atoms with E-state index < -0.39 is 0 Å². The number of aryl methyl sites for hydroxylation is 1. The molecule has 3 heteroatoms. The molecular weight excluding hydrogens is 193 g/mol. The third kappa shape index (κ3) is 3.20. The van der Waals surface area contributed by atoms with E-state index in [0.717, 1.165) is 0 Å². The summed E-state index contributed by atoms with van der Waals surface area (Å²) in [5.41, 5.74) is 0.889. The van der Waals surface area contributed by atoms with Gasteiger partial charge in [-0.15, -0.1) is 6.58 Å². The van der Waals surface area contributed by atoms with E-state index >= 15 is 0 Å². The van der Waals surface area contributed by atoms with Gasteiger partial charge in [0.1, 0.15) is 5.82 Å². The van der Waals surface area contributed by atoms with Gasteiger partial charge >= 0.3 is 0 Å². The van der Waals surface area contributed by atoms with Crippen LogP contribution in [0.2, 0.25) is 0 Å². The Morgan fingerprint density at radius 1 is 1.60 bits per heavy atom.